The normalized spacial score (nSPS) is 13.6. The molecule has 0 saturated heterocycles. The van der Waals surface area contributed by atoms with Gasteiger partial charge in [0.25, 0.3) is 0 Å². The summed E-state index contributed by atoms with van der Waals surface area (Å²) < 4.78 is 27.4. The number of rotatable bonds is 6. The molecule has 0 amide bonds. The van der Waals surface area contributed by atoms with Gasteiger partial charge in [0.2, 0.25) is 10.0 Å². The Bertz CT molecular complexity index is 503. The number of halogens is 1. The van der Waals surface area contributed by atoms with Gasteiger partial charge in [0.15, 0.2) is 0 Å². The van der Waals surface area contributed by atoms with Crippen molar-refractivity contribution in [2.45, 2.75) is 31.7 Å². The van der Waals surface area contributed by atoms with E-state index in [1.165, 1.54) is 0 Å². The Hall–Kier alpha value is -0.430. The summed E-state index contributed by atoms with van der Waals surface area (Å²) >= 11 is 3.29. The molecule has 0 aliphatic carbocycles. The van der Waals surface area contributed by atoms with Crippen molar-refractivity contribution in [1.82, 2.24) is 10.0 Å². The van der Waals surface area contributed by atoms with Crippen molar-refractivity contribution in [3.63, 3.8) is 0 Å². The first-order valence-corrected chi connectivity index (χ1v) is 8.13. The van der Waals surface area contributed by atoms with Crippen LogP contribution >= 0.6 is 15.9 Å². The van der Waals surface area contributed by atoms with Crippen molar-refractivity contribution < 1.29 is 8.42 Å². The molecular formula is C12H19BrN2O2S. The van der Waals surface area contributed by atoms with E-state index in [1.54, 1.807) is 18.2 Å². The summed E-state index contributed by atoms with van der Waals surface area (Å²) in [5.74, 6) is 0. The van der Waals surface area contributed by atoms with E-state index in [9.17, 15) is 8.42 Å². The average molecular weight is 335 g/mol. The highest BCUT2D eigenvalue weighted by atomic mass is 79.9. The van der Waals surface area contributed by atoms with Gasteiger partial charge in [0.05, 0.1) is 4.90 Å². The Morgan fingerprint density at radius 3 is 2.61 bits per heavy atom. The third-order valence-corrected chi connectivity index (χ3v) is 4.91. The second-order valence-corrected chi connectivity index (χ2v) is 6.83. The zero-order valence-electron chi connectivity index (χ0n) is 10.8. The van der Waals surface area contributed by atoms with E-state index in [4.69, 9.17) is 0 Å². The summed E-state index contributed by atoms with van der Waals surface area (Å²) in [5, 5.41) is 3.15. The summed E-state index contributed by atoms with van der Waals surface area (Å²) in [4.78, 5) is 0.275. The van der Waals surface area contributed by atoms with Crippen LogP contribution in [0.2, 0.25) is 0 Å². The molecule has 102 valence electrons. The molecule has 18 heavy (non-hydrogen) atoms. The Morgan fingerprint density at radius 1 is 1.39 bits per heavy atom. The molecule has 1 rings (SSSR count). The maximum absolute atomic E-state index is 12.1. The topological polar surface area (TPSA) is 58.2 Å². The highest BCUT2D eigenvalue weighted by molar-refractivity contribution is 9.10. The van der Waals surface area contributed by atoms with Crippen LogP contribution in [-0.4, -0.2) is 27.5 Å². The molecule has 0 aliphatic heterocycles. The Labute approximate surface area is 117 Å². The molecule has 4 nitrogen and oxygen atoms in total. The maximum Gasteiger partial charge on any atom is 0.241 e. The first-order valence-electron chi connectivity index (χ1n) is 5.86. The largest absolute Gasteiger partial charge is 0.313 e. The molecule has 0 aliphatic rings. The molecule has 0 unspecified atom stereocenters. The molecule has 2 N–H and O–H groups in total. The van der Waals surface area contributed by atoms with Crippen LogP contribution in [0.4, 0.5) is 0 Å². The lowest BCUT2D eigenvalue weighted by molar-refractivity contribution is 0.536. The molecule has 0 fully saturated rings. The van der Waals surface area contributed by atoms with Crippen LogP contribution in [-0.2, 0) is 10.0 Å². The third-order valence-electron chi connectivity index (χ3n) is 2.51. The number of aryl methyl sites for hydroxylation is 1. The van der Waals surface area contributed by atoms with E-state index in [0.29, 0.717) is 11.0 Å². The SMILES string of the molecule is CCN[C@H](C)CNS(=O)(=O)c1ccc(C)cc1Br. The molecule has 0 saturated carbocycles. The van der Waals surface area contributed by atoms with Crippen LogP contribution in [0.5, 0.6) is 0 Å². The number of sulfonamides is 1. The fraction of sp³-hybridized carbons (Fsp3) is 0.500. The van der Waals surface area contributed by atoms with Crippen molar-refractivity contribution in [3.8, 4) is 0 Å². The highest BCUT2D eigenvalue weighted by Gasteiger charge is 2.17. The summed E-state index contributed by atoms with van der Waals surface area (Å²) in [6.07, 6.45) is 0. The van der Waals surface area contributed by atoms with Gasteiger partial charge in [-0.3, -0.25) is 0 Å². The fourth-order valence-electron chi connectivity index (χ4n) is 1.56. The molecule has 1 atom stereocenters. The lowest BCUT2D eigenvalue weighted by atomic mass is 10.2. The molecule has 6 heteroatoms. The van der Waals surface area contributed by atoms with Gasteiger partial charge in [0, 0.05) is 17.1 Å². The highest BCUT2D eigenvalue weighted by Crippen LogP contribution is 2.22. The van der Waals surface area contributed by atoms with Crippen LogP contribution in [0, 0.1) is 6.92 Å². The van der Waals surface area contributed by atoms with Crippen LogP contribution in [0.15, 0.2) is 27.6 Å². The summed E-state index contributed by atoms with van der Waals surface area (Å²) in [7, 11) is -3.46. The number of benzene rings is 1. The number of likely N-dealkylation sites (N-methyl/N-ethyl adjacent to an activating group) is 1. The second kappa shape index (κ2) is 6.65. The third kappa shape index (κ3) is 4.35. The monoisotopic (exact) mass is 334 g/mol. The second-order valence-electron chi connectivity index (χ2n) is 4.24. The van der Waals surface area contributed by atoms with Gasteiger partial charge < -0.3 is 5.32 Å². The van der Waals surface area contributed by atoms with Crippen LogP contribution in [0.3, 0.4) is 0 Å². The van der Waals surface area contributed by atoms with E-state index in [2.05, 4.69) is 26.0 Å². The predicted molar refractivity (Wildman–Crippen MR) is 77.2 cm³/mol. The Morgan fingerprint density at radius 2 is 2.06 bits per heavy atom. The van der Waals surface area contributed by atoms with E-state index >= 15 is 0 Å². The van der Waals surface area contributed by atoms with Crippen LogP contribution < -0.4 is 10.0 Å². The quantitative estimate of drug-likeness (QED) is 0.836. The predicted octanol–water partition coefficient (Wildman–Crippen LogP) is 2.03. The van der Waals surface area contributed by atoms with E-state index < -0.39 is 10.0 Å². The van der Waals surface area contributed by atoms with E-state index in [-0.39, 0.29) is 10.9 Å². The minimum atomic E-state index is -3.46. The number of nitrogens with one attached hydrogen (secondary N) is 2. The van der Waals surface area contributed by atoms with Crippen molar-refractivity contribution in [2.75, 3.05) is 13.1 Å². The lowest BCUT2D eigenvalue weighted by Gasteiger charge is -2.14. The van der Waals surface area contributed by atoms with Gasteiger partial charge in [-0.1, -0.05) is 13.0 Å². The molecule has 0 spiro atoms. The minimum Gasteiger partial charge on any atom is -0.313 e. The molecule has 1 aromatic rings. The average Bonchev–Trinajstić information content (AvgIpc) is 2.26. The standard InChI is InChI=1S/C12H19BrN2O2S/c1-4-14-10(3)8-15-18(16,17)12-6-5-9(2)7-11(12)13/h5-7,10,14-15H,4,8H2,1-3H3/t10-/m1/s1. The lowest BCUT2D eigenvalue weighted by Crippen LogP contribution is -2.38. The van der Waals surface area contributed by atoms with Crippen molar-refractivity contribution in [2.24, 2.45) is 0 Å². The summed E-state index contributed by atoms with van der Waals surface area (Å²) in [6.45, 7) is 7.03. The van der Waals surface area contributed by atoms with Gasteiger partial charge in [-0.15, -0.1) is 0 Å². The molecule has 0 heterocycles. The fourth-order valence-corrected chi connectivity index (χ4v) is 3.88. The molecule has 0 bridgehead atoms. The maximum atomic E-state index is 12.1. The first-order chi connectivity index (χ1) is 8.36. The summed E-state index contributed by atoms with van der Waals surface area (Å²) in [6, 6.07) is 5.30. The van der Waals surface area contributed by atoms with Crippen LogP contribution in [0.1, 0.15) is 19.4 Å². The van der Waals surface area contributed by atoms with Crippen molar-refractivity contribution >= 4 is 26.0 Å². The van der Waals surface area contributed by atoms with Crippen molar-refractivity contribution in [1.29, 1.82) is 0 Å². The van der Waals surface area contributed by atoms with Gasteiger partial charge in [0.1, 0.15) is 0 Å². The van der Waals surface area contributed by atoms with Gasteiger partial charge in [-0.25, -0.2) is 13.1 Å². The van der Waals surface area contributed by atoms with Gasteiger partial charge >= 0.3 is 0 Å². The summed E-state index contributed by atoms with van der Waals surface area (Å²) in [5.41, 5.74) is 1.02. The van der Waals surface area contributed by atoms with E-state index in [0.717, 1.165) is 12.1 Å². The van der Waals surface area contributed by atoms with Gasteiger partial charge in [-0.2, -0.15) is 0 Å². The first kappa shape index (κ1) is 15.6. The van der Waals surface area contributed by atoms with E-state index in [1.807, 2.05) is 20.8 Å². The number of hydrogen-bond donors (Lipinski definition) is 2. The number of hydrogen-bond acceptors (Lipinski definition) is 3. The molecule has 0 radical (unpaired) electrons. The zero-order chi connectivity index (χ0) is 13.8. The van der Waals surface area contributed by atoms with Crippen LogP contribution in [0.25, 0.3) is 0 Å². The van der Waals surface area contributed by atoms with Gasteiger partial charge in [-0.05, 0) is 54.0 Å². The molecule has 1 aromatic carbocycles. The minimum absolute atomic E-state index is 0.106. The van der Waals surface area contributed by atoms with Crippen molar-refractivity contribution in [3.05, 3.63) is 28.2 Å². The Kier molecular flexibility index (Phi) is 5.78. The molecule has 0 aromatic heterocycles. The zero-order valence-corrected chi connectivity index (χ0v) is 13.2. The molecular weight excluding hydrogens is 316 g/mol. The Balaban J connectivity index is 2.80. The smallest absolute Gasteiger partial charge is 0.241 e.